The second-order valence-corrected chi connectivity index (χ2v) is 7.66. The summed E-state index contributed by atoms with van der Waals surface area (Å²) in [5.41, 5.74) is 3.20. The van der Waals surface area contributed by atoms with Crippen LogP contribution >= 0.6 is 0 Å². The summed E-state index contributed by atoms with van der Waals surface area (Å²) in [6.07, 6.45) is 1.57. The van der Waals surface area contributed by atoms with Crippen LogP contribution in [0.5, 0.6) is 0 Å². The van der Waals surface area contributed by atoms with Crippen LogP contribution in [-0.2, 0) is 34.0 Å². The molecule has 4 rings (SSSR count). The van der Waals surface area contributed by atoms with Crippen LogP contribution in [0, 0.1) is 0 Å². The molecule has 0 saturated carbocycles. The maximum Gasteiger partial charge on any atom is 0.117 e. The standard InChI is InChI=1S/C27H28O4/c28-24-16-17-25(29-18-21-10-4-1-5-11-21)27(31-20-23-14-8-3-9-15-23)26(24)30-19-22-12-6-2-7-13-22/h1-17,24-28H,18-20H2/t24-,25?,26+,27?/m0/s1. The summed E-state index contributed by atoms with van der Waals surface area (Å²) < 4.78 is 18.6. The van der Waals surface area contributed by atoms with E-state index >= 15 is 0 Å². The van der Waals surface area contributed by atoms with Gasteiger partial charge in [0.15, 0.2) is 0 Å². The van der Waals surface area contributed by atoms with Gasteiger partial charge >= 0.3 is 0 Å². The molecule has 0 heterocycles. The molecule has 0 saturated heterocycles. The number of hydrogen-bond donors (Lipinski definition) is 1. The van der Waals surface area contributed by atoms with Gasteiger partial charge in [0.05, 0.1) is 19.8 Å². The number of benzene rings is 3. The molecule has 0 amide bonds. The first-order valence-corrected chi connectivity index (χ1v) is 10.6. The fourth-order valence-electron chi connectivity index (χ4n) is 3.66. The monoisotopic (exact) mass is 416 g/mol. The minimum absolute atomic E-state index is 0.326. The first kappa shape index (κ1) is 21.5. The van der Waals surface area contributed by atoms with Gasteiger partial charge in [-0.1, -0.05) is 103 Å². The van der Waals surface area contributed by atoms with Crippen LogP contribution in [0.1, 0.15) is 16.7 Å². The molecule has 31 heavy (non-hydrogen) atoms. The summed E-state index contributed by atoms with van der Waals surface area (Å²) in [6.45, 7) is 1.28. The topological polar surface area (TPSA) is 47.9 Å². The molecule has 4 heteroatoms. The van der Waals surface area contributed by atoms with E-state index in [0.29, 0.717) is 19.8 Å². The lowest BCUT2D eigenvalue weighted by Gasteiger charge is -2.37. The van der Waals surface area contributed by atoms with E-state index in [4.69, 9.17) is 14.2 Å². The van der Waals surface area contributed by atoms with Crippen molar-refractivity contribution < 1.29 is 19.3 Å². The molecule has 1 aliphatic carbocycles. The zero-order valence-corrected chi connectivity index (χ0v) is 17.4. The molecule has 1 N–H and O–H groups in total. The van der Waals surface area contributed by atoms with Crippen molar-refractivity contribution >= 4 is 0 Å². The van der Waals surface area contributed by atoms with Crippen molar-refractivity contribution in [3.05, 3.63) is 120 Å². The Hall–Kier alpha value is -2.76. The van der Waals surface area contributed by atoms with E-state index in [9.17, 15) is 5.11 Å². The largest absolute Gasteiger partial charge is 0.386 e. The Balaban J connectivity index is 1.48. The summed E-state index contributed by atoms with van der Waals surface area (Å²) in [5.74, 6) is 0. The lowest BCUT2D eigenvalue weighted by molar-refractivity contribution is -0.167. The van der Waals surface area contributed by atoms with Crippen LogP contribution in [0.4, 0.5) is 0 Å². The average molecular weight is 417 g/mol. The third-order valence-electron chi connectivity index (χ3n) is 5.34. The molecule has 0 radical (unpaired) electrons. The van der Waals surface area contributed by atoms with Crippen molar-refractivity contribution in [2.75, 3.05) is 0 Å². The Labute approximate surface area is 183 Å². The zero-order chi connectivity index (χ0) is 21.3. The van der Waals surface area contributed by atoms with Gasteiger partial charge in [0.25, 0.3) is 0 Å². The Kier molecular flexibility index (Phi) is 7.64. The Morgan fingerprint density at radius 2 is 0.935 bits per heavy atom. The van der Waals surface area contributed by atoms with E-state index in [1.54, 1.807) is 6.08 Å². The van der Waals surface area contributed by atoms with E-state index in [-0.39, 0.29) is 6.10 Å². The molecule has 3 aromatic carbocycles. The molecule has 0 fully saturated rings. The fourth-order valence-corrected chi connectivity index (χ4v) is 3.66. The van der Waals surface area contributed by atoms with Crippen molar-refractivity contribution in [2.24, 2.45) is 0 Å². The highest BCUT2D eigenvalue weighted by molar-refractivity contribution is 5.17. The molecular weight excluding hydrogens is 388 g/mol. The highest BCUT2D eigenvalue weighted by Gasteiger charge is 2.38. The van der Waals surface area contributed by atoms with Gasteiger partial charge in [-0.15, -0.1) is 0 Å². The fraction of sp³-hybridized carbons (Fsp3) is 0.259. The molecular formula is C27H28O4. The number of hydrogen-bond acceptors (Lipinski definition) is 4. The van der Waals surface area contributed by atoms with E-state index in [1.165, 1.54) is 0 Å². The van der Waals surface area contributed by atoms with Gasteiger partial charge < -0.3 is 19.3 Å². The first-order valence-electron chi connectivity index (χ1n) is 10.6. The maximum atomic E-state index is 10.7. The minimum atomic E-state index is -0.763. The van der Waals surface area contributed by atoms with E-state index in [2.05, 4.69) is 0 Å². The minimum Gasteiger partial charge on any atom is -0.386 e. The second-order valence-electron chi connectivity index (χ2n) is 7.66. The zero-order valence-electron chi connectivity index (χ0n) is 17.4. The van der Waals surface area contributed by atoms with Crippen molar-refractivity contribution in [2.45, 2.75) is 44.2 Å². The van der Waals surface area contributed by atoms with Crippen molar-refractivity contribution in [3.63, 3.8) is 0 Å². The number of aliphatic hydroxyl groups is 1. The van der Waals surface area contributed by atoms with Gasteiger partial charge in [0, 0.05) is 0 Å². The van der Waals surface area contributed by atoms with Gasteiger partial charge in [-0.05, 0) is 16.7 Å². The van der Waals surface area contributed by atoms with E-state index < -0.39 is 18.3 Å². The van der Waals surface area contributed by atoms with Crippen LogP contribution in [0.3, 0.4) is 0 Å². The molecule has 2 unspecified atom stereocenters. The van der Waals surface area contributed by atoms with Crippen LogP contribution in [-0.4, -0.2) is 29.5 Å². The molecule has 0 bridgehead atoms. The molecule has 4 atom stereocenters. The number of rotatable bonds is 9. The molecule has 0 aliphatic heterocycles. The van der Waals surface area contributed by atoms with Crippen LogP contribution in [0.25, 0.3) is 0 Å². The van der Waals surface area contributed by atoms with Gasteiger partial charge in [-0.2, -0.15) is 0 Å². The van der Waals surface area contributed by atoms with Crippen molar-refractivity contribution in [1.29, 1.82) is 0 Å². The quantitative estimate of drug-likeness (QED) is 0.515. The average Bonchev–Trinajstić information content (AvgIpc) is 2.83. The normalized spacial score (nSPS) is 23.0. The molecule has 3 aromatic rings. The highest BCUT2D eigenvalue weighted by Crippen LogP contribution is 2.25. The predicted molar refractivity (Wildman–Crippen MR) is 120 cm³/mol. The van der Waals surface area contributed by atoms with Gasteiger partial charge in [-0.25, -0.2) is 0 Å². The third kappa shape index (κ3) is 6.12. The number of ether oxygens (including phenoxy) is 3. The molecule has 1 aliphatic rings. The summed E-state index contributed by atoms with van der Waals surface area (Å²) in [7, 11) is 0. The van der Waals surface area contributed by atoms with Crippen LogP contribution in [0.2, 0.25) is 0 Å². The SMILES string of the molecule is O[C@H]1C=CC(OCc2ccccc2)C(OCc2ccccc2)[C@@H]1OCc1ccccc1. The maximum absolute atomic E-state index is 10.7. The summed E-state index contributed by atoms with van der Waals surface area (Å²) in [6, 6.07) is 30.0. The van der Waals surface area contributed by atoms with Crippen LogP contribution < -0.4 is 0 Å². The number of aliphatic hydroxyl groups excluding tert-OH is 1. The first-order chi connectivity index (χ1) is 15.3. The van der Waals surface area contributed by atoms with E-state index in [0.717, 1.165) is 16.7 Å². The summed E-state index contributed by atoms with van der Waals surface area (Å²) in [4.78, 5) is 0. The van der Waals surface area contributed by atoms with Gasteiger partial charge in [-0.3, -0.25) is 0 Å². The Morgan fingerprint density at radius 3 is 1.42 bits per heavy atom. The predicted octanol–water partition coefficient (Wildman–Crippen LogP) is 4.67. The highest BCUT2D eigenvalue weighted by atomic mass is 16.6. The summed E-state index contributed by atoms with van der Waals surface area (Å²) >= 11 is 0. The third-order valence-corrected chi connectivity index (χ3v) is 5.34. The summed E-state index contributed by atoms with van der Waals surface area (Å²) in [5, 5.41) is 10.7. The second kappa shape index (κ2) is 11.0. The smallest absolute Gasteiger partial charge is 0.117 e. The molecule has 4 nitrogen and oxygen atoms in total. The van der Waals surface area contributed by atoms with E-state index in [1.807, 2.05) is 97.1 Å². The van der Waals surface area contributed by atoms with Crippen molar-refractivity contribution in [1.82, 2.24) is 0 Å². The molecule has 0 spiro atoms. The van der Waals surface area contributed by atoms with Crippen LogP contribution in [0.15, 0.2) is 103 Å². The van der Waals surface area contributed by atoms with Gasteiger partial charge in [0.2, 0.25) is 0 Å². The molecule has 160 valence electrons. The molecule has 0 aromatic heterocycles. The lowest BCUT2D eigenvalue weighted by Crippen LogP contribution is -2.50. The van der Waals surface area contributed by atoms with Crippen molar-refractivity contribution in [3.8, 4) is 0 Å². The lowest BCUT2D eigenvalue weighted by atomic mass is 9.95. The Morgan fingerprint density at radius 1 is 0.516 bits per heavy atom. The van der Waals surface area contributed by atoms with Gasteiger partial charge in [0.1, 0.15) is 24.4 Å². The Bertz CT molecular complexity index is 927.